The summed E-state index contributed by atoms with van der Waals surface area (Å²) in [6.45, 7) is 5.62. The molecule has 6 nitrogen and oxygen atoms in total. The van der Waals surface area contributed by atoms with Crippen molar-refractivity contribution < 1.29 is 14.4 Å². The lowest BCUT2D eigenvalue weighted by molar-refractivity contribution is -0.0350. The average molecular weight is 295 g/mol. The van der Waals surface area contributed by atoms with E-state index in [1.807, 2.05) is 0 Å². The zero-order chi connectivity index (χ0) is 13.9. The Morgan fingerprint density at radius 3 is 3.20 bits per heavy atom. The summed E-state index contributed by atoms with van der Waals surface area (Å²) in [5.74, 6) is 1.07. The van der Waals surface area contributed by atoms with E-state index < -0.39 is 0 Å². The fourth-order valence-corrected chi connectivity index (χ4v) is 3.00. The van der Waals surface area contributed by atoms with Crippen molar-refractivity contribution in [2.75, 3.05) is 26.2 Å². The fourth-order valence-electron chi connectivity index (χ4n) is 2.30. The van der Waals surface area contributed by atoms with Crippen LogP contribution in [0, 0.1) is 0 Å². The van der Waals surface area contributed by atoms with Crippen LogP contribution < -0.4 is 0 Å². The molecule has 1 aliphatic heterocycles. The van der Waals surface area contributed by atoms with Gasteiger partial charge in [-0.2, -0.15) is 4.98 Å². The van der Waals surface area contributed by atoms with Crippen molar-refractivity contribution >= 4 is 11.3 Å². The Labute approximate surface area is 121 Å². The number of aromatic hydroxyl groups is 1. The zero-order valence-corrected chi connectivity index (χ0v) is 12.1. The largest absolute Gasteiger partial charge is 0.506 e. The van der Waals surface area contributed by atoms with Gasteiger partial charge in [0.25, 0.3) is 5.89 Å². The molecule has 0 spiro atoms. The Kier molecular flexibility index (Phi) is 4.00. The number of aromatic nitrogens is 2. The van der Waals surface area contributed by atoms with Crippen LogP contribution in [0.3, 0.4) is 0 Å². The predicted molar refractivity (Wildman–Crippen MR) is 74.7 cm³/mol. The lowest BCUT2D eigenvalue weighted by atomic mass is 10.2. The van der Waals surface area contributed by atoms with E-state index in [1.54, 1.807) is 11.4 Å². The van der Waals surface area contributed by atoms with Gasteiger partial charge >= 0.3 is 0 Å². The van der Waals surface area contributed by atoms with Crippen LogP contribution in [0.4, 0.5) is 0 Å². The van der Waals surface area contributed by atoms with Crippen molar-refractivity contribution in [2.24, 2.45) is 0 Å². The monoisotopic (exact) mass is 295 g/mol. The van der Waals surface area contributed by atoms with Gasteiger partial charge in [0.2, 0.25) is 5.82 Å². The highest BCUT2D eigenvalue weighted by atomic mass is 32.1. The van der Waals surface area contributed by atoms with Crippen molar-refractivity contribution in [3.63, 3.8) is 0 Å². The second kappa shape index (κ2) is 5.90. The lowest BCUT2D eigenvalue weighted by Crippen LogP contribution is -2.39. The van der Waals surface area contributed by atoms with Crippen LogP contribution in [-0.4, -0.2) is 46.4 Å². The zero-order valence-electron chi connectivity index (χ0n) is 11.3. The Bertz CT molecular complexity index is 567. The van der Waals surface area contributed by atoms with E-state index in [-0.39, 0.29) is 11.9 Å². The third-order valence-electron chi connectivity index (χ3n) is 3.26. The van der Waals surface area contributed by atoms with Crippen molar-refractivity contribution in [1.82, 2.24) is 15.0 Å². The number of hydrogen-bond acceptors (Lipinski definition) is 7. The standard InChI is InChI=1S/C13H17N3O3S/c1-2-4-16-5-6-18-10(8-16)12-14-13(19-15-12)11-9(17)3-7-20-11/h3,7,10,17H,2,4-6,8H2,1H3. The SMILES string of the molecule is CCCN1CCOC(c2noc(-c3sccc3O)n2)C1. The molecule has 1 N–H and O–H groups in total. The molecule has 1 aliphatic rings. The van der Waals surface area contributed by atoms with Crippen molar-refractivity contribution in [3.05, 3.63) is 17.3 Å². The van der Waals surface area contributed by atoms with Crippen molar-refractivity contribution in [2.45, 2.75) is 19.4 Å². The third kappa shape index (κ3) is 2.70. The first-order valence-corrected chi connectivity index (χ1v) is 7.60. The molecule has 7 heteroatoms. The van der Waals surface area contributed by atoms with Crippen LogP contribution in [0.25, 0.3) is 10.8 Å². The summed E-state index contributed by atoms with van der Waals surface area (Å²) in [5.41, 5.74) is 0. The predicted octanol–water partition coefficient (Wildman–Crippen LogP) is 2.29. The van der Waals surface area contributed by atoms with Crippen LogP contribution in [0.2, 0.25) is 0 Å². The van der Waals surface area contributed by atoms with Gasteiger partial charge in [-0.3, -0.25) is 4.90 Å². The molecule has 0 bridgehead atoms. The summed E-state index contributed by atoms with van der Waals surface area (Å²) in [6.07, 6.45) is 0.961. The van der Waals surface area contributed by atoms with E-state index in [0.717, 1.165) is 26.1 Å². The van der Waals surface area contributed by atoms with E-state index in [9.17, 15) is 5.11 Å². The fraction of sp³-hybridized carbons (Fsp3) is 0.538. The van der Waals surface area contributed by atoms with Crippen LogP contribution in [0.1, 0.15) is 25.3 Å². The number of hydrogen-bond donors (Lipinski definition) is 1. The molecular formula is C13H17N3O3S. The van der Waals surface area contributed by atoms with Gasteiger partial charge < -0.3 is 14.4 Å². The number of nitrogens with zero attached hydrogens (tertiary/aromatic N) is 3. The highest BCUT2D eigenvalue weighted by Gasteiger charge is 2.26. The molecule has 0 saturated carbocycles. The average Bonchev–Trinajstić information content (AvgIpc) is 3.08. The van der Waals surface area contributed by atoms with E-state index in [4.69, 9.17) is 9.26 Å². The molecule has 108 valence electrons. The second-order valence-electron chi connectivity index (χ2n) is 4.75. The first kappa shape index (κ1) is 13.5. The number of rotatable bonds is 4. The summed E-state index contributed by atoms with van der Waals surface area (Å²) >= 11 is 1.37. The minimum Gasteiger partial charge on any atom is -0.506 e. The summed E-state index contributed by atoms with van der Waals surface area (Å²) in [5, 5.41) is 15.5. The summed E-state index contributed by atoms with van der Waals surface area (Å²) in [4.78, 5) is 7.29. The summed E-state index contributed by atoms with van der Waals surface area (Å²) in [7, 11) is 0. The van der Waals surface area contributed by atoms with Gasteiger partial charge in [-0.1, -0.05) is 12.1 Å². The Morgan fingerprint density at radius 1 is 1.55 bits per heavy atom. The molecule has 0 aromatic carbocycles. The van der Waals surface area contributed by atoms with Gasteiger partial charge in [0.05, 0.1) is 6.61 Å². The lowest BCUT2D eigenvalue weighted by Gasteiger charge is -2.30. The summed E-state index contributed by atoms with van der Waals surface area (Å²) in [6, 6.07) is 1.62. The molecule has 3 heterocycles. The van der Waals surface area contributed by atoms with Gasteiger partial charge in [-0.15, -0.1) is 11.3 Å². The van der Waals surface area contributed by atoms with Crippen LogP contribution in [0.5, 0.6) is 5.75 Å². The molecule has 1 atom stereocenters. The van der Waals surface area contributed by atoms with Crippen molar-refractivity contribution in [1.29, 1.82) is 0 Å². The number of ether oxygens (including phenoxy) is 1. The number of morpholine rings is 1. The smallest absolute Gasteiger partial charge is 0.271 e. The maximum absolute atomic E-state index is 9.68. The molecule has 1 unspecified atom stereocenters. The molecule has 0 amide bonds. The Morgan fingerprint density at radius 2 is 2.45 bits per heavy atom. The van der Waals surface area contributed by atoms with E-state index in [0.29, 0.717) is 23.2 Å². The maximum Gasteiger partial charge on any atom is 0.271 e. The molecule has 2 aromatic rings. The van der Waals surface area contributed by atoms with Crippen molar-refractivity contribution in [3.8, 4) is 16.5 Å². The Hall–Kier alpha value is -1.44. The topological polar surface area (TPSA) is 71.6 Å². The maximum atomic E-state index is 9.68. The molecule has 20 heavy (non-hydrogen) atoms. The minimum absolute atomic E-state index is 0.157. The van der Waals surface area contributed by atoms with Crippen LogP contribution >= 0.6 is 11.3 Å². The first-order chi connectivity index (χ1) is 9.78. The highest BCUT2D eigenvalue weighted by Crippen LogP contribution is 2.34. The van der Waals surface area contributed by atoms with E-state index >= 15 is 0 Å². The normalized spacial score (nSPS) is 20.4. The van der Waals surface area contributed by atoms with E-state index in [2.05, 4.69) is 22.0 Å². The Balaban J connectivity index is 1.75. The number of thiophene rings is 1. The quantitative estimate of drug-likeness (QED) is 0.933. The second-order valence-corrected chi connectivity index (χ2v) is 5.67. The van der Waals surface area contributed by atoms with E-state index in [1.165, 1.54) is 11.3 Å². The summed E-state index contributed by atoms with van der Waals surface area (Å²) < 4.78 is 10.9. The third-order valence-corrected chi connectivity index (χ3v) is 4.15. The first-order valence-electron chi connectivity index (χ1n) is 6.72. The van der Waals surface area contributed by atoms with Gasteiger partial charge in [-0.05, 0) is 24.4 Å². The van der Waals surface area contributed by atoms with Gasteiger partial charge in [0.15, 0.2) is 0 Å². The van der Waals surface area contributed by atoms with Crippen LogP contribution in [0.15, 0.2) is 16.0 Å². The molecule has 2 aromatic heterocycles. The highest BCUT2D eigenvalue weighted by molar-refractivity contribution is 7.13. The molecule has 0 radical (unpaired) electrons. The van der Waals surface area contributed by atoms with Gasteiger partial charge in [0.1, 0.15) is 16.7 Å². The van der Waals surface area contributed by atoms with Crippen LogP contribution in [-0.2, 0) is 4.74 Å². The molecule has 1 fully saturated rings. The minimum atomic E-state index is -0.157. The molecule has 1 saturated heterocycles. The molecule has 0 aliphatic carbocycles. The van der Waals surface area contributed by atoms with Gasteiger partial charge in [-0.25, -0.2) is 0 Å². The van der Waals surface area contributed by atoms with Gasteiger partial charge in [0, 0.05) is 13.1 Å². The molecular weight excluding hydrogens is 278 g/mol. The molecule has 3 rings (SSSR count).